The summed E-state index contributed by atoms with van der Waals surface area (Å²) in [4.78, 5) is 35.5. The zero-order chi connectivity index (χ0) is 25.5. The average Bonchev–Trinajstić information content (AvgIpc) is 2.83. The number of nitrogens with two attached hydrogens (primary N) is 1. The first kappa shape index (κ1) is 29.5. The van der Waals surface area contributed by atoms with Crippen LogP contribution >= 0.6 is 22.6 Å². The summed E-state index contributed by atoms with van der Waals surface area (Å²) in [5.74, 6) is -2.80. The van der Waals surface area contributed by atoms with Crippen molar-refractivity contribution in [2.24, 2.45) is 5.73 Å². The predicted octanol–water partition coefficient (Wildman–Crippen LogP) is 2.43. The number of hydrogen-bond donors (Lipinski definition) is 4. The van der Waals surface area contributed by atoms with E-state index in [1.807, 2.05) is 24.3 Å². The maximum Gasteiger partial charge on any atom is 0.335 e. The monoisotopic (exact) mass is 585 g/mol. The molecule has 10 heteroatoms. The summed E-state index contributed by atoms with van der Waals surface area (Å²) in [7, 11) is 0. The van der Waals surface area contributed by atoms with Gasteiger partial charge in [-0.1, -0.05) is 44.2 Å². The van der Waals surface area contributed by atoms with E-state index < -0.39 is 24.1 Å². The SMILES string of the molecule is CCN(CC)CCNC(=O)c1ccc(I)cc1.N[C@H](C(=O)O)[C@H](OCc1ccccc1)C(=O)O. The number of carboxylic acid groups (broad SMARTS) is 2. The highest BCUT2D eigenvalue weighted by atomic mass is 127. The fraction of sp³-hybridized carbons (Fsp3) is 0.375. The molecule has 1 amide bonds. The molecule has 0 saturated carbocycles. The first-order valence-electron chi connectivity index (χ1n) is 10.8. The van der Waals surface area contributed by atoms with E-state index in [4.69, 9.17) is 20.7 Å². The van der Waals surface area contributed by atoms with Crippen LogP contribution in [0.3, 0.4) is 0 Å². The molecule has 0 aliphatic rings. The van der Waals surface area contributed by atoms with Gasteiger partial charge < -0.3 is 30.9 Å². The summed E-state index contributed by atoms with van der Waals surface area (Å²) < 4.78 is 6.15. The third kappa shape index (κ3) is 11.1. The van der Waals surface area contributed by atoms with Crippen LogP contribution in [0.5, 0.6) is 0 Å². The summed E-state index contributed by atoms with van der Waals surface area (Å²) >= 11 is 2.23. The third-order valence-electron chi connectivity index (χ3n) is 4.84. The number of aliphatic carboxylic acids is 2. The van der Waals surface area contributed by atoms with Gasteiger partial charge in [-0.2, -0.15) is 0 Å². The lowest BCUT2D eigenvalue weighted by molar-refractivity contribution is -0.159. The van der Waals surface area contributed by atoms with Crippen molar-refractivity contribution in [1.82, 2.24) is 10.2 Å². The van der Waals surface area contributed by atoms with Crippen LogP contribution in [0.4, 0.5) is 0 Å². The molecule has 2 atom stereocenters. The topological polar surface area (TPSA) is 142 Å². The minimum Gasteiger partial charge on any atom is -0.480 e. The van der Waals surface area contributed by atoms with E-state index in [1.165, 1.54) is 0 Å². The van der Waals surface area contributed by atoms with E-state index in [1.54, 1.807) is 30.3 Å². The minimum absolute atomic E-state index is 0.00120. The van der Waals surface area contributed by atoms with Crippen molar-refractivity contribution in [2.45, 2.75) is 32.6 Å². The maximum absolute atomic E-state index is 11.8. The van der Waals surface area contributed by atoms with Gasteiger partial charge in [0.25, 0.3) is 5.91 Å². The van der Waals surface area contributed by atoms with E-state index in [9.17, 15) is 14.4 Å². The zero-order valence-electron chi connectivity index (χ0n) is 19.3. The molecule has 0 aliphatic heterocycles. The molecule has 34 heavy (non-hydrogen) atoms. The third-order valence-corrected chi connectivity index (χ3v) is 5.56. The summed E-state index contributed by atoms with van der Waals surface area (Å²) in [6, 6.07) is 14.8. The second-order valence-corrected chi connectivity index (χ2v) is 8.45. The molecule has 0 aromatic heterocycles. The van der Waals surface area contributed by atoms with Gasteiger partial charge in [0.15, 0.2) is 6.10 Å². The number of amides is 1. The molecule has 0 saturated heterocycles. The van der Waals surface area contributed by atoms with Crippen molar-refractivity contribution < 1.29 is 29.3 Å². The van der Waals surface area contributed by atoms with Crippen molar-refractivity contribution in [3.63, 3.8) is 0 Å². The van der Waals surface area contributed by atoms with E-state index in [0.29, 0.717) is 6.54 Å². The number of halogens is 1. The van der Waals surface area contributed by atoms with Crippen molar-refractivity contribution in [3.8, 4) is 0 Å². The van der Waals surface area contributed by atoms with Crippen molar-refractivity contribution in [3.05, 3.63) is 69.3 Å². The number of nitrogens with zero attached hydrogens (tertiary/aromatic N) is 1. The van der Waals surface area contributed by atoms with Gasteiger partial charge >= 0.3 is 11.9 Å². The molecule has 2 aromatic rings. The van der Waals surface area contributed by atoms with Crippen LogP contribution in [-0.2, 0) is 20.9 Å². The fourth-order valence-electron chi connectivity index (χ4n) is 2.79. The highest BCUT2D eigenvalue weighted by Gasteiger charge is 2.31. The Morgan fingerprint density at radius 2 is 1.59 bits per heavy atom. The number of likely N-dealkylation sites (N-methyl/N-ethyl adjacent to an activating group) is 1. The number of benzene rings is 2. The molecule has 9 nitrogen and oxygen atoms in total. The van der Waals surface area contributed by atoms with Crippen LogP contribution in [0.15, 0.2) is 54.6 Å². The molecule has 0 fully saturated rings. The maximum atomic E-state index is 11.8. The minimum atomic E-state index is -1.59. The molecule has 0 radical (unpaired) electrons. The molecular formula is C24H32IN3O6. The quantitative estimate of drug-likeness (QED) is 0.279. The molecule has 0 heterocycles. The number of nitrogens with one attached hydrogen (secondary N) is 1. The lowest BCUT2D eigenvalue weighted by Gasteiger charge is -2.17. The highest BCUT2D eigenvalue weighted by Crippen LogP contribution is 2.07. The van der Waals surface area contributed by atoms with Crippen LogP contribution < -0.4 is 11.1 Å². The first-order valence-corrected chi connectivity index (χ1v) is 11.9. The Balaban J connectivity index is 0.000000340. The Morgan fingerprint density at radius 1 is 1.00 bits per heavy atom. The van der Waals surface area contributed by atoms with Gasteiger partial charge in [0.2, 0.25) is 0 Å². The Kier molecular flexibility index (Phi) is 14.0. The van der Waals surface area contributed by atoms with Gasteiger partial charge in [-0.15, -0.1) is 0 Å². The van der Waals surface area contributed by atoms with Crippen LogP contribution in [0.1, 0.15) is 29.8 Å². The standard InChI is InChI=1S/C13H19IN2O.C11H13NO5/c1-3-16(4-2)10-9-15-13(17)11-5-7-12(14)8-6-11;12-8(10(13)14)9(11(15)16)17-6-7-4-2-1-3-5-7/h5-8H,3-4,9-10H2,1-2H3,(H,15,17);1-5,8-9H,6,12H2,(H,13,14)(H,15,16)/t;8-,9-/m.0/s1. The first-order chi connectivity index (χ1) is 16.2. The zero-order valence-corrected chi connectivity index (χ0v) is 21.5. The number of rotatable bonds is 12. The number of carboxylic acids is 2. The molecule has 186 valence electrons. The van der Waals surface area contributed by atoms with E-state index in [2.05, 4.69) is 46.7 Å². The Hall–Kier alpha value is -2.54. The fourth-order valence-corrected chi connectivity index (χ4v) is 3.15. The number of carbonyl (C=O) groups is 3. The van der Waals surface area contributed by atoms with Gasteiger partial charge in [0, 0.05) is 22.2 Å². The second-order valence-electron chi connectivity index (χ2n) is 7.21. The van der Waals surface area contributed by atoms with Crippen LogP contribution in [0.2, 0.25) is 0 Å². The van der Waals surface area contributed by atoms with Crippen LogP contribution in [0.25, 0.3) is 0 Å². The largest absolute Gasteiger partial charge is 0.480 e. The summed E-state index contributed by atoms with van der Waals surface area (Å²) in [5, 5.41) is 20.4. The molecule has 2 rings (SSSR count). The van der Waals surface area contributed by atoms with Gasteiger partial charge in [-0.05, 0) is 65.5 Å². The molecule has 0 bridgehead atoms. The molecular weight excluding hydrogens is 553 g/mol. The normalized spacial score (nSPS) is 12.3. The van der Waals surface area contributed by atoms with Crippen LogP contribution in [0, 0.1) is 3.57 Å². The number of carbonyl (C=O) groups excluding carboxylic acids is 1. The lowest BCUT2D eigenvalue weighted by Crippen LogP contribution is -2.47. The molecule has 0 spiro atoms. The average molecular weight is 585 g/mol. The smallest absolute Gasteiger partial charge is 0.335 e. The van der Waals surface area contributed by atoms with Crippen LogP contribution in [-0.4, -0.2) is 71.3 Å². The molecule has 0 aliphatic carbocycles. The lowest BCUT2D eigenvalue weighted by atomic mass is 10.1. The highest BCUT2D eigenvalue weighted by molar-refractivity contribution is 14.1. The van der Waals surface area contributed by atoms with E-state index in [-0.39, 0.29) is 12.5 Å². The van der Waals surface area contributed by atoms with E-state index in [0.717, 1.165) is 34.3 Å². The summed E-state index contributed by atoms with van der Waals surface area (Å²) in [6.07, 6.45) is -1.56. The summed E-state index contributed by atoms with van der Waals surface area (Å²) in [5.41, 5.74) is 6.69. The number of ether oxygens (including phenoxy) is 1. The predicted molar refractivity (Wildman–Crippen MR) is 138 cm³/mol. The van der Waals surface area contributed by atoms with E-state index >= 15 is 0 Å². The Morgan fingerprint density at radius 3 is 2.09 bits per heavy atom. The van der Waals surface area contributed by atoms with Gasteiger partial charge in [-0.3, -0.25) is 9.59 Å². The summed E-state index contributed by atoms with van der Waals surface area (Å²) in [6.45, 7) is 7.91. The van der Waals surface area contributed by atoms with Crippen molar-refractivity contribution in [2.75, 3.05) is 26.2 Å². The van der Waals surface area contributed by atoms with Gasteiger partial charge in [-0.25, -0.2) is 4.79 Å². The second kappa shape index (κ2) is 16.1. The molecule has 5 N–H and O–H groups in total. The molecule has 2 aromatic carbocycles. The van der Waals surface area contributed by atoms with Crippen molar-refractivity contribution >= 4 is 40.4 Å². The van der Waals surface area contributed by atoms with Gasteiger partial charge in [0.1, 0.15) is 6.04 Å². The Labute approximate surface area is 213 Å². The molecule has 0 unspecified atom stereocenters. The van der Waals surface area contributed by atoms with Crippen molar-refractivity contribution in [1.29, 1.82) is 0 Å². The van der Waals surface area contributed by atoms with Gasteiger partial charge in [0.05, 0.1) is 6.61 Å². The Bertz CT molecular complexity index is 891. The number of hydrogen-bond acceptors (Lipinski definition) is 6.